The number of rotatable bonds is 7. The topological polar surface area (TPSA) is 60.9 Å². The van der Waals surface area contributed by atoms with E-state index in [1.807, 2.05) is 56.3 Å². The van der Waals surface area contributed by atoms with Crippen LogP contribution >= 0.6 is 0 Å². The first-order chi connectivity index (χ1) is 16.8. The Balaban J connectivity index is 1.45. The van der Waals surface area contributed by atoms with Crippen molar-refractivity contribution in [3.63, 3.8) is 0 Å². The van der Waals surface area contributed by atoms with Crippen LogP contribution in [0, 0.1) is 11.7 Å². The number of hydrogen-bond acceptors (Lipinski definition) is 3. The van der Waals surface area contributed by atoms with Crippen molar-refractivity contribution in [1.29, 1.82) is 0 Å². The number of carbonyl (C=O) groups excluding carboxylic acids is 3. The zero-order valence-electron chi connectivity index (χ0n) is 19.9. The van der Waals surface area contributed by atoms with Gasteiger partial charge in [0.1, 0.15) is 25.6 Å². The molecule has 3 aromatic carbocycles. The molecular weight excluding hydrogens is 445 g/mol. The third-order valence-electron chi connectivity index (χ3n) is 5.87. The summed E-state index contributed by atoms with van der Waals surface area (Å²) in [6.07, 6.45) is 0. The maximum absolute atomic E-state index is 13.3. The van der Waals surface area contributed by atoms with Crippen molar-refractivity contribution in [3.8, 4) is 11.1 Å². The van der Waals surface area contributed by atoms with Crippen LogP contribution in [0.5, 0.6) is 0 Å². The fraction of sp³-hybridized carbons (Fsp3) is 0.250. The van der Waals surface area contributed by atoms with Gasteiger partial charge in [-0.3, -0.25) is 19.3 Å². The van der Waals surface area contributed by atoms with Crippen molar-refractivity contribution in [2.75, 3.05) is 31.2 Å². The van der Waals surface area contributed by atoms with E-state index in [0.29, 0.717) is 17.8 Å². The molecule has 0 radical (unpaired) electrons. The first-order valence-corrected chi connectivity index (χ1v) is 11.6. The second-order valence-electron chi connectivity index (χ2n) is 9.05. The number of halogens is 1. The summed E-state index contributed by atoms with van der Waals surface area (Å²) in [5.74, 6) is -1.02. The number of anilines is 1. The number of nitrogens with zero attached hydrogens (tertiary/aromatic N) is 3. The Labute approximate surface area is 204 Å². The maximum atomic E-state index is 13.3. The van der Waals surface area contributed by atoms with Crippen LogP contribution in [0.2, 0.25) is 0 Å². The fourth-order valence-corrected chi connectivity index (χ4v) is 4.10. The molecule has 6 nitrogen and oxygen atoms in total. The molecule has 3 amide bonds. The Bertz CT molecular complexity index is 1190. The lowest BCUT2D eigenvalue weighted by molar-refractivity contribution is -0.132. The SMILES string of the molecule is CC(C)CN(CC(=O)N1CC(=O)N(c2ccc(F)cc2)C1)C(=O)c1ccc(-c2ccccc2)cc1. The van der Waals surface area contributed by atoms with Gasteiger partial charge in [0.15, 0.2) is 0 Å². The Morgan fingerprint density at radius 1 is 0.914 bits per heavy atom. The summed E-state index contributed by atoms with van der Waals surface area (Å²) in [6, 6.07) is 22.8. The van der Waals surface area contributed by atoms with E-state index >= 15 is 0 Å². The summed E-state index contributed by atoms with van der Waals surface area (Å²) < 4.78 is 13.2. The zero-order chi connectivity index (χ0) is 24.9. The van der Waals surface area contributed by atoms with Crippen LogP contribution in [0.3, 0.4) is 0 Å². The summed E-state index contributed by atoms with van der Waals surface area (Å²) in [5, 5.41) is 0. The summed E-state index contributed by atoms with van der Waals surface area (Å²) >= 11 is 0. The van der Waals surface area contributed by atoms with Gasteiger partial charge in [-0.1, -0.05) is 56.3 Å². The van der Waals surface area contributed by atoms with E-state index in [4.69, 9.17) is 0 Å². The molecule has 1 aliphatic heterocycles. The van der Waals surface area contributed by atoms with Gasteiger partial charge in [-0.05, 0) is 53.4 Å². The second kappa shape index (κ2) is 10.5. The number of carbonyl (C=O) groups is 3. The highest BCUT2D eigenvalue weighted by atomic mass is 19.1. The molecule has 1 aliphatic rings. The van der Waals surface area contributed by atoms with E-state index in [0.717, 1.165) is 11.1 Å². The van der Waals surface area contributed by atoms with Crippen LogP contribution in [0.15, 0.2) is 78.9 Å². The van der Waals surface area contributed by atoms with Crippen molar-refractivity contribution >= 4 is 23.4 Å². The van der Waals surface area contributed by atoms with Gasteiger partial charge in [0.25, 0.3) is 5.91 Å². The van der Waals surface area contributed by atoms with E-state index in [9.17, 15) is 18.8 Å². The third kappa shape index (κ3) is 5.74. The van der Waals surface area contributed by atoms with Gasteiger partial charge in [-0.15, -0.1) is 0 Å². The van der Waals surface area contributed by atoms with Crippen LogP contribution < -0.4 is 4.90 Å². The molecule has 1 fully saturated rings. The van der Waals surface area contributed by atoms with Gasteiger partial charge in [-0.25, -0.2) is 4.39 Å². The third-order valence-corrected chi connectivity index (χ3v) is 5.87. The minimum Gasteiger partial charge on any atom is -0.329 e. The standard InChI is InChI=1S/C28H28FN3O3/c1-20(2)16-30(28(35)23-10-8-22(9-11-23)21-6-4-3-5-7-21)17-26(33)31-18-27(34)32(19-31)25-14-12-24(29)13-15-25/h3-15,20H,16-19H2,1-2H3. The zero-order valence-corrected chi connectivity index (χ0v) is 19.9. The highest BCUT2D eigenvalue weighted by Gasteiger charge is 2.33. The quantitative estimate of drug-likeness (QED) is 0.510. The van der Waals surface area contributed by atoms with Gasteiger partial charge in [-0.2, -0.15) is 0 Å². The summed E-state index contributed by atoms with van der Waals surface area (Å²) in [4.78, 5) is 43.3. The van der Waals surface area contributed by atoms with Crippen molar-refractivity contribution in [3.05, 3.63) is 90.2 Å². The molecule has 0 aliphatic carbocycles. The Hall–Kier alpha value is -4.00. The molecule has 7 heteroatoms. The highest BCUT2D eigenvalue weighted by molar-refractivity contribution is 6.01. The number of amides is 3. The van der Waals surface area contributed by atoms with Gasteiger partial charge < -0.3 is 9.80 Å². The van der Waals surface area contributed by atoms with E-state index in [1.54, 1.807) is 12.1 Å². The predicted octanol–water partition coefficient (Wildman–Crippen LogP) is 4.42. The molecule has 0 spiro atoms. The van der Waals surface area contributed by atoms with Crippen molar-refractivity contribution < 1.29 is 18.8 Å². The summed E-state index contributed by atoms with van der Waals surface area (Å²) in [7, 11) is 0. The number of hydrogen-bond donors (Lipinski definition) is 0. The van der Waals surface area contributed by atoms with Gasteiger partial charge in [0.2, 0.25) is 11.8 Å². The number of benzene rings is 3. The van der Waals surface area contributed by atoms with Crippen LogP contribution in [-0.2, 0) is 9.59 Å². The van der Waals surface area contributed by atoms with Crippen molar-refractivity contribution in [2.24, 2.45) is 5.92 Å². The molecule has 4 rings (SSSR count). The minimum atomic E-state index is -0.395. The lowest BCUT2D eigenvalue weighted by atomic mass is 10.0. The van der Waals surface area contributed by atoms with Crippen molar-refractivity contribution in [1.82, 2.24) is 9.80 Å². The fourth-order valence-electron chi connectivity index (χ4n) is 4.10. The molecule has 0 atom stereocenters. The average molecular weight is 474 g/mol. The summed E-state index contributed by atoms with van der Waals surface area (Å²) in [5.41, 5.74) is 3.10. The second-order valence-corrected chi connectivity index (χ2v) is 9.05. The van der Waals surface area contributed by atoms with Gasteiger partial charge in [0.05, 0.1) is 0 Å². The van der Waals surface area contributed by atoms with E-state index < -0.39 is 5.82 Å². The lowest BCUT2D eigenvalue weighted by Gasteiger charge is -2.26. The van der Waals surface area contributed by atoms with Crippen LogP contribution in [0.4, 0.5) is 10.1 Å². The maximum Gasteiger partial charge on any atom is 0.254 e. The van der Waals surface area contributed by atoms with E-state index in [2.05, 4.69) is 0 Å². The molecule has 180 valence electrons. The normalized spacial score (nSPS) is 13.4. The van der Waals surface area contributed by atoms with Crippen LogP contribution in [0.1, 0.15) is 24.2 Å². The molecule has 35 heavy (non-hydrogen) atoms. The smallest absolute Gasteiger partial charge is 0.254 e. The first kappa shape index (κ1) is 24.1. The van der Waals surface area contributed by atoms with Crippen LogP contribution in [-0.4, -0.2) is 53.8 Å². The molecule has 1 saturated heterocycles. The largest absolute Gasteiger partial charge is 0.329 e. The first-order valence-electron chi connectivity index (χ1n) is 11.6. The van der Waals surface area contributed by atoms with Crippen LogP contribution in [0.25, 0.3) is 11.1 Å². The average Bonchev–Trinajstić information content (AvgIpc) is 3.25. The van der Waals surface area contributed by atoms with E-state index in [-0.39, 0.29) is 43.4 Å². The molecule has 0 unspecified atom stereocenters. The Kier molecular flexibility index (Phi) is 7.25. The molecule has 0 N–H and O–H groups in total. The van der Waals surface area contributed by atoms with Gasteiger partial charge >= 0.3 is 0 Å². The monoisotopic (exact) mass is 473 g/mol. The highest BCUT2D eigenvalue weighted by Crippen LogP contribution is 2.22. The lowest BCUT2D eigenvalue weighted by Crippen LogP contribution is -2.44. The predicted molar refractivity (Wildman–Crippen MR) is 133 cm³/mol. The molecule has 0 bridgehead atoms. The molecule has 3 aromatic rings. The van der Waals surface area contributed by atoms with E-state index in [1.165, 1.54) is 39.0 Å². The minimum absolute atomic E-state index is 0.0682. The molecule has 1 heterocycles. The summed E-state index contributed by atoms with van der Waals surface area (Å²) in [6.45, 7) is 4.25. The Morgan fingerprint density at radius 2 is 1.54 bits per heavy atom. The van der Waals surface area contributed by atoms with Gasteiger partial charge in [0, 0.05) is 17.8 Å². The Morgan fingerprint density at radius 3 is 2.17 bits per heavy atom. The molecule has 0 aromatic heterocycles. The molecular formula is C28H28FN3O3. The molecule has 0 saturated carbocycles. The van der Waals surface area contributed by atoms with Crippen molar-refractivity contribution in [2.45, 2.75) is 13.8 Å².